The third-order valence-corrected chi connectivity index (χ3v) is 5.97. The van der Waals surface area contributed by atoms with E-state index in [1.165, 1.54) is 11.3 Å². The highest BCUT2D eigenvalue weighted by Gasteiger charge is 2.16. The van der Waals surface area contributed by atoms with Crippen molar-refractivity contribution in [2.24, 2.45) is 5.73 Å². The molecule has 0 aliphatic carbocycles. The molecule has 0 aliphatic heterocycles. The largest absolute Gasteiger partial charge is 0.497 e. The first-order valence-corrected chi connectivity index (χ1v) is 10.4. The van der Waals surface area contributed by atoms with Gasteiger partial charge in [0.25, 0.3) is 5.56 Å². The molecule has 4 rings (SSSR count). The lowest BCUT2D eigenvalue weighted by molar-refractivity contribution is -0.118. The minimum absolute atomic E-state index is 0.0817. The van der Waals surface area contributed by atoms with Crippen molar-refractivity contribution in [3.63, 3.8) is 0 Å². The maximum atomic E-state index is 13.3. The number of hydrogen-bond acceptors (Lipinski definition) is 5. The summed E-state index contributed by atoms with van der Waals surface area (Å²) < 4.78 is 6.78. The van der Waals surface area contributed by atoms with Crippen LogP contribution in [0, 0.1) is 0 Å². The quantitative estimate of drug-likeness (QED) is 0.496. The number of hydrogen-bond donors (Lipinski definition) is 1. The van der Waals surface area contributed by atoms with Gasteiger partial charge in [0.1, 0.15) is 16.4 Å². The third kappa shape index (κ3) is 4.11. The second-order valence-electron chi connectivity index (χ2n) is 6.92. The molecule has 2 aromatic heterocycles. The second-order valence-corrected chi connectivity index (χ2v) is 7.95. The lowest BCUT2D eigenvalue weighted by Crippen LogP contribution is -2.27. The number of primary amides is 1. The number of benzene rings is 2. The Morgan fingerprint density at radius 2 is 1.87 bits per heavy atom. The van der Waals surface area contributed by atoms with Gasteiger partial charge in [0.05, 0.1) is 12.5 Å². The number of nitrogens with two attached hydrogens (primary N) is 1. The summed E-state index contributed by atoms with van der Waals surface area (Å²) in [6.07, 6.45) is 0.547. The summed E-state index contributed by atoms with van der Waals surface area (Å²) in [5.41, 5.74) is 7.22. The lowest BCUT2D eigenvalue weighted by atomic mass is 10.1. The Bertz CT molecular complexity index is 1240. The van der Waals surface area contributed by atoms with E-state index in [1.54, 1.807) is 11.7 Å². The minimum Gasteiger partial charge on any atom is -0.497 e. The SMILES string of the molecule is COc1ccc(Cc2nc3sc(-c4ccccc4)cc3c(=O)n2CCC(N)=O)cc1. The summed E-state index contributed by atoms with van der Waals surface area (Å²) in [4.78, 5) is 31.1. The first kappa shape index (κ1) is 19.8. The number of nitrogens with zero attached hydrogens (tertiary/aromatic N) is 2. The summed E-state index contributed by atoms with van der Waals surface area (Å²) in [6.45, 7) is 0.207. The first-order chi connectivity index (χ1) is 14.5. The van der Waals surface area contributed by atoms with E-state index in [0.717, 1.165) is 21.8 Å². The van der Waals surface area contributed by atoms with Crippen molar-refractivity contribution in [3.8, 4) is 16.2 Å². The average molecular weight is 420 g/mol. The normalized spacial score (nSPS) is 11.0. The molecule has 6 nitrogen and oxygen atoms in total. The molecular formula is C23H21N3O3S. The van der Waals surface area contributed by atoms with Crippen LogP contribution in [0.1, 0.15) is 17.8 Å². The zero-order valence-corrected chi connectivity index (χ0v) is 17.3. The first-order valence-electron chi connectivity index (χ1n) is 9.55. The maximum absolute atomic E-state index is 13.3. The lowest BCUT2D eigenvalue weighted by Gasteiger charge is -2.12. The average Bonchev–Trinajstić information content (AvgIpc) is 3.19. The van der Waals surface area contributed by atoms with Crippen LogP contribution in [0.2, 0.25) is 0 Å². The molecular weight excluding hydrogens is 398 g/mol. The van der Waals surface area contributed by atoms with Crippen LogP contribution < -0.4 is 16.0 Å². The van der Waals surface area contributed by atoms with Gasteiger partial charge in [0, 0.05) is 24.3 Å². The molecule has 152 valence electrons. The molecule has 0 unspecified atom stereocenters. The molecule has 4 aromatic rings. The number of aromatic nitrogens is 2. The van der Waals surface area contributed by atoms with E-state index < -0.39 is 5.91 Å². The maximum Gasteiger partial charge on any atom is 0.262 e. The smallest absolute Gasteiger partial charge is 0.262 e. The van der Waals surface area contributed by atoms with Crippen molar-refractivity contribution in [3.05, 3.63) is 82.4 Å². The Kier molecular flexibility index (Phi) is 5.63. The standard InChI is InChI=1S/C23H21N3O3S/c1-29-17-9-7-15(8-10-17)13-21-25-22-18(23(28)26(21)12-11-20(24)27)14-19(30-22)16-5-3-2-4-6-16/h2-10,14H,11-13H2,1H3,(H2,24,27). The molecule has 2 heterocycles. The van der Waals surface area contributed by atoms with Crippen LogP contribution in [0.15, 0.2) is 65.5 Å². The molecule has 0 bridgehead atoms. The van der Waals surface area contributed by atoms with E-state index in [0.29, 0.717) is 22.5 Å². The molecule has 0 saturated carbocycles. The molecule has 7 heteroatoms. The van der Waals surface area contributed by atoms with Gasteiger partial charge in [-0.2, -0.15) is 0 Å². The van der Waals surface area contributed by atoms with E-state index in [4.69, 9.17) is 15.5 Å². The van der Waals surface area contributed by atoms with Gasteiger partial charge in [0.15, 0.2) is 0 Å². The van der Waals surface area contributed by atoms with Crippen molar-refractivity contribution >= 4 is 27.5 Å². The van der Waals surface area contributed by atoms with Crippen LogP contribution in [-0.4, -0.2) is 22.6 Å². The highest BCUT2D eigenvalue weighted by molar-refractivity contribution is 7.21. The van der Waals surface area contributed by atoms with E-state index in [2.05, 4.69) is 0 Å². The Balaban J connectivity index is 1.80. The summed E-state index contributed by atoms with van der Waals surface area (Å²) >= 11 is 1.49. The van der Waals surface area contributed by atoms with Gasteiger partial charge in [-0.1, -0.05) is 42.5 Å². The topological polar surface area (TPSA) is 87.2 Å². The van der Waals surface area contributed by atoms with Crippen molar-refractivity contribution in [1.29, 1.82) is 0 Å². The van der Waals surface area contributed by atoms with E-state index >= 15 is 0 Å². The van der Waals surface area contributed by atoms with E-state index in [-0.39, 0.29) is 18.5 Å². The van der Waals surface area contributed by atoms with Gasteiger partial charge in [-0.25, -0.2) is 4.98 Å². The number of ether oxygens (including phenoxy) is 1. The van der Waals surface area contributed by atoms with Gasteiger partial charge in [-0.15, -0.1) is 11.3 Å². The van der Waals surface area contributed by atoms with Crippen LogP contribution >= 0.6 is 11.3 Å². The molecule has 0 fully saturated rings. The van der Waals surface area contributed by atoms with Crippen LogP contribution in [0.3, 0.4) is 0 Å². The Morgan fingerprint density at radius 3 is 2.53 bits per heavy atom. The number of thiophene rings is 1. The van der Waals surface area contributed by atoms with Gasteiger partial charge in [0.2, 0.25) is 5.91 Å². The van der Waals surface area contributed by atoms with Crippen LogP contribution in [0.4, 0.5) is 0 Å². The Labute approximate surface area is 177 Å². The molecule has 1 amide bonds. The molecule has 2 aromatic carbocycles. The van der Waals surface area contributed by atoms with Crippen LogP contribution in [-0.2, 0) is 17.8 Å². The predicted molar refractivity (Wildman–Crippen MR) is 119 cm³/mol. The predicted octanol–water partition coefficient (Wildman–Crippen LogP) is 3.60. The molecule has 2 N–H and O–H groups in total. The molecule has 0 spiro atoms. The molecule has 30 heavy (non-hydrogen) atoms. The molecule has 0 saturated heterocycles. The highest BCUT2D eigenvalue weighted by atomic mass is 32.1. The molecule has 0 atom stereocenters. The molecule has 0 aliphatic rings. The van der Waals surface area contributed by atoms with Crippen LogP contribution in [0.25, 0.3) is 20.7 Å². The van der Waals surface area contributed by atoms with Crippen molar-refractivity contribution < 1.29 is 9.53 Å². The number of rotatable bonds is 7. The fraction of sp³-hybridized carbons (Fsp3) is 0.174. The van der Waals surface area contributed by atoms with E-state index in [1.807, 2.05) is 60.7 Å². The number of carbonyl (C=O) groups is 1. The second kappa shape index (κ2) is 8.51. The number of methoxy groups -OCH3 is 1. The fourth-order valence-electron chi connectivity index (χ4n) is 3.32. The summed E-state index contributed by atoms with van der Waals surface area (Å²) in [5.74, 6) is 0.923. The van der Waals surface area contributed by atoms with Crippen LogP contribution in [0.5, 0.6) is 5.75 Å². The third-order valence-electron chi connectivity index (χ3n) is 4.89. The van der Waals surface area contributed by atoms with Crippen molar-refractivity contribution in [2.75, 3.05) is 7.11 Å². The van der Waals surface area contributed by atoms with Gasteiger partial charge >= 0.3 is 0 Å². The van der Waals surface area contributed by atoms with Gasteiger partial charge < -0.3 is 10.5 Å². The minimum atomic E-state index is -0.451. The fourth-order valence-corrected chi connectivity index (χ4v) is 4.36. The summed E-state index contributed by atoms with van der Waals surface area (Å²) in [6, 6.07) is 19.4. The number of carbonyl (C=O) groups excluding carboxylic acids is 1. The highest BCUT2D eigenvalue weighted by Crippen LogP contribution is 2.31. The summed E-state index contributed by atoms with van der Waals surface area (Å²) in [5, 5.41) is 0.557. The Hall–Kier alpha value is -3.45. The molecule has 0 radical (unpaired) electrons. The van der Waals surface area contributed by atoms with Crippen molar-refractivity contribution in [1.82, 2.24) is 9.55 Å². The Morgan fingerprint density at radius 1 is 1.13 bits per heavy atom. The zero-order valence-electron chi connectivity index (χ0n) is 16.5. The zero-order chi connectivity index (χ0) is 21.1. The summed E-state index contributed by atoms with van der Waals surface area (Å²) in [7, 11) is 1.62. The van der Waals surface area contributed by atoms with Crippen molar-refractivity contribution in [2.45, 2.75) is 19.4 Å². The van der Waals surface area contributed by atoms with E-state index in [9.17, 15) is 9.59 Å². The number of amides is 1. The number of fused-ring (bicyclic) bond motifs is 1. The van der Waals surface area contributed by atoms with Gasteiger partial charge in [-0.3, -0.25) is 14.2 Å². The van der Waals surface area contributed by atoms with Gasteiger partial charge in [-0.05, 0) is 29.3 Å². The monoisotopic (exact) mass is 419 g/mol.